The summed E-state index contributed by atoms with van der Waals surface area (Å²) in [5, 5.41) is 33.7. The lowest BCUT2D eigenvalue weighted by molar-refractivity contribution is -0.143. The Morgan fingerprint density at radius 2 is 1.38 bits per heavy atom. The van der Waals surface area contributed by atoms with Crippen LogP contribution in [0.2, 0.25) is 0 Å². The van der Waals surface area contributed by atoms with Crippen LogP contribution in [0.3, 0.4) is 0 Å². The van der Waals surface area contributed by atoms with E-state index in [9.17, 15) is 33.9 Å². The van der Waals surface area contributed by atoms with Gasteiger partial charge in [0, 0.05) is 19.3 Å². The van der Waals surface area contributed by atoms with Crippen molar-refractivity contribution in [2.75, 3.05) is 6.54 Å². The Balaban J connectivity index is 2.74. The van der Waals surface area contributed by atoms with Gasteiger partial charge in [-0.25, -0.2) is 4.79 Å². The summed E-state index contributed by atoms with van der Waals surface area (Å²) in [6.07, 6.45) is -1.33. The van der Waals surface area contributed by atoms with Crippen molar-refractivity contribution in [1.29, 1.82) is 0 Å². The van der Waals surface area contributed by atoms with Gasteiger partial charge < -0.3 is 37.0 Å². The first-order valence-corrected chi connectivity index (χ1v) is 10.3. The average Bonchev–Trinajstić information content (AvgIpc) is 2.78. The van der Waals surface area contributed by atoms with Gasteiger partial charge in [-0.1, -0.05) is 30.3 Å². The van der Waals surface area contributed by atoms with Crippen molar-refractivity contribution >= 4 is 35.6 Å². The molecule has 0 aromatic heterocycles. The lowest BCUT2D eigenvalue weighted by Gasteiger charge is -2.21. The fraction of sp³-hybridized carbons (Fsp3) is 0.429. The number of hydrogen-bond acceptors (Lipinski definition) is 7. The summed E-state index contributed by atoms with van der Waals surface area (Å²) in [4.78, 5) is 69.8. The van der Waals surface area contributed by atoms with Gasteiger partial charge in [0.1, 0.15) is 12.1 Å². The van der Waals surface area contributed by atoms with Crippen LogP contribution in [0.25, 0.3) is 0 Å². The highest BCUT2D eigenvalue weighted by molar-refractivity contribution is 5.92. The zero-order valence-electron chi connectivity index (χ0n) is 18.2. The average molecular weight is 480 g/mol. The highest BCUT2D eigenvalue weighted by Crippen LogP contribution is 2.05. The second-order valence-corrected chi connectivity index (χ2v) is 7.40. The van der Waals surface area contributed by atoms with Gasteiger partial charge in [-0.05, 0) is 18.4 Å². The first-order valence-electron chi connectivity index (χ1n) is 10.3. The molecule has 186 valence electrons. The number of carbonyl (C=O) groups is 6. The van der Waals surface area contributed by atoms with Crippen LogP contribution < -0.4 is 21.7 Å². The largest absolute Gasteiger partial charge is 0.481 e. The van der Waals surface area contributed by atoms with Crippen LogP contribution in [-0.4, -0.2) is 75.6 Å². The molecule has 0 saturated carbocycles. The van der Waals surface area contributed by atoms with Gasteiger partial charge in [0.15, 0.2) is 0 Å². The lowest BCUT2D eigenvalue weighted by Crippen LogP contribution is -2.54. The van der Waals surface area contributed by atoms with E-state index in [1.54, 1.807) is 30.3 Å². The van der Waals surface area contributed by atoms with Crippen molar-refractivity contribution in [1.82, 2.24) is 16.0 Å². The first-order chi connectivity index (χ1) is 16.0. The highest BCUT2D eigenvalue weighted by atomic mass is 16.4. The molecule has 0 heterocycles. The molecule has 1 aromatic rings. The fourth-order valence-corrected chi connectivity index (χ4v) is 2.81. The molecule has 0 fully saturated rings. The SMILES string of the molecule is NC(CCC(=O)O)C(=O)NCC(=O)NC(CCC(=O)O)C(=O)NC(Cc1ccccc1)C(=O)O. The normalized spacial score (nSPS) is 13.1. The number of nitrogens with one attached hydrogen (secondary N) is 3. The van der Waals surface area contributed by atoms with Crippen LogP contribution in [0.15, 0.2) is 30.3 Å². The molecule has 34 heavy (non-hydrogen) atoms. The minimum Gasteiger partial charge on any atom is -0.481 e. The number of aliphatic carboxylic acids is 3. The van der Waals surface area contributed by atoms with Crippen LogP contribution in [0.5, 0.6) is 0 Å². The summed E-state index contributed by atoms with van der Waals surface area (Å²) >= 11 is 0. The summed E-state index contributed by atoms with van der Waals surface area (Å²) in [6.45, 7) is -0.608. The maximum Gasteiger partial charge on any atom is 0.326 e. The van der Waals surface area contributed by atoms with Crippen LogP contribution in [0, 0.1) is 0 Å². The molecule has 13 nitrogen and oxygen atoms in total. The zero-order chi connectivity index (χ0) is 25.7. The Morgan fingerprint density at radius 1 is 0.794 bits per heavy atom. The summed E-state index contributed by atoms with van der Waals surface area (Å²) in [5.41, 5.74) is 6.18. The molecule has 0 bridgehead atoms. The fourth-order valence-electron chi connectivity index (χ4n) is 2.81. The van der Waals surface area contributed by atoms with Gasteiger partial charge in [0.05, 0.1) is 12.6 Å². The lowest BCUT2D eigenvalue weighted by atomic mass is 10.0. The number of rotatable bonds is 15. The Kier molecular flexibility index (Phi) is 11.7. The number of benzene rings is 1. The monoisotopic (exact) mass is 480 g/mol. The molecular formula is C21H28N4O9. The van der Waals surface area contributed by atoms with E-state index in [-0.39, 0.29) is 25.7 Å². The van der Waals surface area contributed by atoms with Gasteiger partial charge in [-0.15, -0.1) is 0 Å². The van der Waals surface area contributed by atoms with Crippen molar-refractivity contribution in [3.05, 3.63) is 35.9 Å². The predicted octanol–water partition coefficient (Wildman–Crippen LogP) is -1.54. The Labute approximate surface area is 194 Å². The molecule has 0 spiro atoms. The summed E-state index contributed by atoms with van der Waals surface area (Å²) in [7, 11) is 0. The molecule has 8 N–H and O–H groups in total. The summed E-state index contributed by atoms with van der Waals surface area (Å²) < 4.78 is 0. The quantitative estimate of drug-likeness (QED) is 0.153. The van der Waals surface area contributed by atoms with Crippen LogP contribution in [0.1, 0.15) is 31.2 Å². The number of nitrogens with two attached hydrogens (primary N) is 1. The van der Waals surface area contributed by atoms with Crippen molar-refractivity contribution in [2.24, 2.45) is 5.73 Å². The second kappa shape index (κ2) is 14.2. The minimum atomic E-state index is -1.38. The Morgan fingerprint density at radius 3 is 1.94 bits per heavy atom. The number of carboxylic acids is 3. The van der Waals surface area contributed by atoms with Crippen LogP contribution in [-0.2, 0) is 35.2 Å². The van der Waals surface area contributed by atoms with Gasteiger partial charge >= 0.3 is 17.9 Å². The third-order valence-corrected chi connectivity index (χ3v) is 4.62. The first kappa shape index (κ1) is 28.0. The standard InChI is InChI=1S/C21H28N4O9/c22-13(6-8-17(27)28)19(31)23-11-16(26)24-14(7-9-18(29)30)20(32)25-15(21(33)34)10-12-4-2-1-3-5-12/h1-5,13-15H,6-11,22H2,(H,23,31)(H,24,26)(H,25,32)(H,27,28)(H,29,30)(H,33,34). The smallest absolute Gasteiger partial charge is 0.326 e. The summed E-state index contributed by atoms with van der Waals surface area (Å²) in [6, 6.07) is 4.63. The number of hydrogen-bond donors (Lipinski definition) is 7. The van der Waals surface area contributed by atoms with E-state index in [4.69, 9.17) is 15.9 Å². The van der Waals surface area contributed by atoms with E-state index in [1.807, 2.05) is 0 Å². The van der Waals surface area contributed by atoms with Crippen LogP contribution in [0.4, 0.5) is 0 Å². The van der Waals surface area contributed by atoms with E-state index in [0.29, 0.717) is 5.56 Å². The van der Waals surface area contributed by atoms with Crippen molar-refractivity contribution in [2.45, 2.75) is 50.2 Å². The summed E-state index contributed by atoms with van der Waals surface area (Å²) in [5.74, 6) is -6.22. The maximum atomic E-state index is 12.6. The third kappa shape index (κ3) is 11.0. The molecule has 3 amide bonds. The number of carboxylic acid groups (broad SMARTS) is 3. The van der Waals surface area contributed by atoms with E-state index in [1.165, 1.54) is 0 Å². The topological polar surface area (TPSA) is 225 Å². The second-order valence-electron chi connectivity index (χ2n) is 7.40. The molecule has 0 saturated heterocycles. The molecule has 3 atom stereocenters. The van der Waals surface area contributed by atoms with Gasteiger partial charge in [-0.3, -0.25) is 24.0 Å². The van der Waals surface area contributed by atoms with Crippen molar-refractivity contribution in [3.8, 4) is 0 Å². The van der Waals surface area contributed by atoms with Gasteiger partial charge in [0.25, 0.3) is 0 Å². The molecule has 13 heteroatoms. The van der Waals surface area contributed by atoms with E-state index in [0.717, 1.165) is 0 Å². The zero-order valence-corrected chi connectivity index (χ0v) is 18.2. The van der Waals surface area contributed by atoms with Crippen LogP contribution >= 0.6 is 0 Å². The molecule has 0 aliphatic rings. The van der Waals surface area contributed by atoms with Gasteiger partial charge in [0.2, 0.25) is 17.7 Å². The third-order valence-electron chi connectivity index (χ3n) is 4.62. The number of amides is 3. The minimum absolute atomic E-state index is 0.0359. The van der Waals surface area contributed by atoms with Gasteiger partial charge in [-0.2, -0.15) is 0 Å². The van der Waals surface area contributed by atoms with Crippen molar-refractivity contribution in [3.63, 3.8) is 0 Å². The maximum absolute atomic E-state index is 12.6. The molecule has 0 radical (unpaired) electrons. The molecule has 1 rings (SSSR count). The Bertz CT molecular complexity index is 891. The van der Waals surface area contributed by atoms with E-state index >= 15 is 0 Å². The molecule has 0 aliphatic carbocycles. The number of carbonyl (C=O) groups excluding carboxylic acids is 3. The highest BCUT2D eigenvalue weighted by Gasteiger charge is 2.27. The molecule has 1 aromatic carbocycles. The Hall–Kier alpha value is -4.00. The van der Waals surface area contributed by atoms with Crippen molar-refractivity contribution < 1.29 is 44.1 Å². The predicted molar refractivity (Wildman–Crippen MR) is 116 cm³/mol. The molecule has 0 aliphatic heterocycles. The van der Waals surface area contributed by atoms with E-state index in [2.05, 4.69) is 16.0 Å². The molecule has 3 unspecified atom stereocenters. The van der Waals surface area contributed by atoms with E-state index < -0.39 is 66.7 Å². The molecular weight excluding hydrogens is 452 g/mol.